The molecule has 1 amide bonds. The number of benzene rings is 2. The average molecular weight is 375 g/mol. The van der Waals surface area contributed by atoms with E-state index in [0.717, 1.165) is 16.8 Å². The fraction of sp³-hybridized carbons (Fsp3) is 0.190. The Bertz CT molecular complexity index is 1050. The smallest absolute Gasteiger partial charge is 0.255 e. The second kappa shape index (κ2) is 7.19. The van der Waals surface area contributed by atoms with Gasteiger partial charge in [-0.2, -0.15) is 10.1 Å². The number of carbonyl (C=O) groups is 1. The van der Waals surface area contributed by atoms with Crippen molar-refractivity contribution >= 4 is 17.5 Å². The monoisotopic (exact) mass is 375 g/mol. The molecule has 0 fully saturated rings. The van der Waals surface area contributed by atoms with E-state index in [0.29, 0.717) is 23.0 Å². The third kappa shape index (κ3) is 3.11. The van der Waals surface area contributed by atoms with Crippen molar-refractivity contribution < 1.29 is 9.53 Å². The second-order valence-electron chi connectivity index (χ2n) is 6.66. The Balaban J connectivity index is 1.76. The van der Waals surface area contributed by atoms with E-state index in [1.165, 1.54) is 6.33 Å². The fourth-order valence-corrected chi connectivity index (χ4v) is 3.38. The number of nitrogens with zero attached hydrogens (tertiary/aromatic N) is 3. The number of ether oxygens (including phenoxy) is 1. The van der Waals surface area contributed by atoms with Gasteiger partial charge in [-0.05, 0) is 31.5 Å². The molecule has 1 aliphatic heterocycles. The lowest BCUT2D eigenvalue weighted by Gasteiger charge is -2.29. The zero-order valence-corrected chi connectivity index (χ0v) is 15.9. The molecule has 1 atom stereocenters. The minimum Gasteiger partial charge on any atom is -0.495 e. The van der Waals surface area contributed by atoms with Crippen LogP contribution in [0.4, 0.5) is 11.6 Å². The number of fused-ring (bicyclic) bond motifs is 1. The van der Waals surface area contributed by atoms with Crippen LogP contribution in [0.15, 0.2) is 66.1 Å². The molecule has 2 heterocycles. The number of methoxy groups -OCH3 is 1. The Labute approximate surface area is 163 Å². The number of carbonyl (C=O) groups excluding carboxylic acids is 1. The van der Waals surface area contributed by atoms with E-state index >= 15 is 0 Å². The minimum atomic E-state index is -0.381. The number of anilines is 2. The Morgan fingerprint density at radius 3 is 2.64 bits per heavy atom. The lowest BCUT2D eigenvalue weighted by atomic mass is 9.94. The van der Waals surface area contributed by atoms with Crippen LogP contribution in [0.25, 0.3) is 0 Å². The van der Waals surface area contributed by atoms with E-state index < -0.39 is 0 Å². The van der Waals surface area contributed by atoms with Gasteiger partial charge in [0.2, 0.25) is 5.95 Å². The Hall–Kier alpha value is -3.61. The number of hydrogen-bond donors (Lipinski definition) is 2. The first-order valence-corrected chi connectivity index (χ1v) is 8.96. The molecule has 4 rings (SSSR count). The Morgan fingerprint density at radius 1 is 1.14 bits per heavy atom. The molecule has 2 N–H and O–H groups in total. The lowest BCUT2D eigenvalue weighted by molar-refractivity contribution is -0.113. The molecule has 0 spiro atoms. The maximum Gasteiger partial charge on any atom is 0.255 e. The van der Waals surface area contributed by atoms with Gasteiger partial charge in [0.15, 0.2) is 0 Å². The van der Waals surface area contributed by atoms with Crippen molar-refractivity contribution in [1.82, 2.24) is 14.8 Å². The highest BCUT2D eigenvalue weighted by Gasteiger charge is 2.33. The Kier molecular flexibility index (Phi) is 4.57. The third-order valence-corrected chi connectivity index (χ3v) is 4.79. The number of amides is 1. The number of para-hydroxylation sites is 2. The predicted octanol–water partition coefficient (Wildman–Crippen LogP) is 3.52. The summed E-state index contributed by atoms with van der Waals surface area (Å²) < 4.78 is 7.09. The van der Waals surface area contributed by atoms with Gasteiger partial charge in [0.05, 0.1) is 18.4 Å². The van der Waals surface area contributed by atoms with E-state index in [-0.39, 0.29) is 11.9 Å². The summed E-state index contributed by atoms with van der Waals surface area (Å²) in [5, 5.41) is 10.5. The number of nitrogens with one attached hydrogen (secondary N) is 2. The van der Waals surface area contributed by atoms with Gasteiger partial charge in [-0.15, -0.1) is 0 Å². The van der Waals surface area contributed by atoms with E-state index in [1.807, 2.05) is 62.4 Å². The molecule has 2 aromatic carbocycles. The van der Waals surface area contributed by atoms with Crippen LogP contribution >= 0.6 is 0 Å². The first kappa shape index (κ1) is 17.8. The van der Waals surface area contributed by atoms with Crippen LogP contribution < -0.4 is 15.4 Å². The summed E-state index contributed by atoms with van der Waals surface area (Å²) >= 11 is 0. The van der Waals surface area contributed by atoms with Crippen LogP contribution in [0.1, 0.15) is 24.1 Å². The van der Waals surface area contributed by atoms with Crippen molar-refractivity contribution in [2.45, 2.75) is 19.9 Å². The first-order valence-electron chi connectivity index (χ1n) is 8.96. The fourth-order valence-electron chi connectivity index (χ4n) is 3.38. The van der Waals surface area contributed by atoms with Gasteiger partial charge in [-0.3, -0.25) is 4.79 Å². The van der Waals surface area contributed by atoms with Crippen LogP contribution in [0.2, 0.25) is 0 Å². The molecular weight excluding hydrogens is 354 g/mol. The molecule has 1 unspecified atom stereocenters. The molecule has 7 nitrogen and oxygen atoms in total. The van der Waals surface area contributed by atoms with E-state index in [1.54, 1.807) is 11.8 Å². The molecule has 7 heteroatoms. The average Bonchev–Trinajstić information content (AvgIpc) is 3.16. The van der Waals surface area contributed by atoms with Crippen molar-refractivity contribution in [2.75, 3.05) is 17.7 Å². The molecule has 28 heavy (non-hydrogen) atoms. The quantitative estimate of drug-likeness (QED) is 0.729. The normalized spacial score (nSPS) is 15.6. The van der Waals surface area contributed by atoms with E-state index in [4.69, 9.17) is 4.74 Å². The maximum absolute atomic E-state index is 13.3. The first-order chi connectivity index (χ1) is 13.6. The third-order valence-electron chi connectivity index (χ3n) is 4.79. The highest BCUT2D eigenvalue weighted by molar-refractivity contribution is 6.06. The maximum atomic E-state index is 13.3. The topological polar surface area (TPSA) is 81.1 Å². The summed E-state index contributed by atoms with van der Waals surface area (Å²) in [6.07, 6.45) is 1.48. The van der Waals surface area contributed by atoms with E-state index in [2.05, 4.69) is 20.7 Å². The molecule has 0 aliphatic carbocycles. The van der Waals surface area contributed by atoms with Gasteiger partial charge in [0.1, 0.15) is 18.1 Å². The molecule has 0 bridgehead atoms. The number of aromatic nitrogens is 3. The van der Waals surface area contributed by atoms with Crippen LogP contribution in [-0.4, -0.2) is 27.8 Å². The zero-order valence-electron chi connectivity index (χ0n) is 15.9. The molecule has 0 radical (unpaired) electrons. The number of aryl methyl sites for hydroxylation is 1. The van der Waals surface area contributed by atoms with Crippen LogP contribution in [0.3, 0.4) is 0 Å². The minimum absolute atomic E-state index is 0.221. The lowest BCUT2D eigenvalue weighted by Crippen LogP contribution is -2.31. The molecule has 3 aromatic rings. The SMILES string of the molecule is COc1ccccc1NC(=O)C1=C(C)Nc2ncnn2C1c1ccc(C)cc1. The summed E-state index contributed by atoms with van der Waals surface area (Å²) in [6.45, 7) is 3.90. The Morgan fingerprint density at radius 2 is 1.89 bits per heavy atom. The van der Waals surface area contributed by atoms with Crippen molar-refractivity contribution in [3.63, 3.8) is 0 Å². The second-order valence-corrected chi connectivity index (χ2v) is 6.66. The van der Waals surface area contributed by atoms with Gasteiger partial charge in [0, 0.05) is 5.70 Å². The standard InChI is InChI=1S/C21H21N5O2/c1-13-8-10-15(11-9-13)19-18(14(2)24-21-22-12-23-26(19)21)20(27)25-16-6-4-5-7-17(16)28-3/h4-12,19H,1-3H3,(H,25,27)(H,22,23,24). The van der Waals surface area contributed by atoms with Gasteiger partial charge >= 0.3 is 0 Å². The zero-order chi connectivity index (χ0) is 19.7. The van der Waals surface area contributed by atoms with Crippen molar-refractivity contribution in [3.05, 3.63) is 77.3 Å². The van der Waals surface area contributed by atoms with Gasteiger partial charge in [-0.25, -0.2) is 4.68 Å². The van der Waals surface area contributed by atoms with Crippen LogP contribution in [0, 0.1) is 6.92 Å². The predicted molar refractivity (Wildman–Crippen MR) is 107 cm³/mol. The molecule has 1 aromatic heterocycles. The highest BCUT2D eigenvalue weighted by Crippen LogP contribution is 2.35. The van der Waals surface area contributed by atoms with Crippen molar-refractivity contribution in [1.29, 1.82) is 0 Å². The summed E-state index contributed by atoms with van der Waals surface area (Å²) in [6, 6.07) is 15.0. The largest absolute Gasteiger partial charge is 0.495 e. The van der Waals surface area contributed by atoms with Crippen LogP contribution in [-0.2, 0) is 4.79 Å². The van der Waals surface area contributed by atoms with Crippen LogP contribution in [0.5, 0.6) is 5.75 Å². The summed E-state index contributed by atoms with van der Waals surface area (Å²) in [5.74, 6) is 0.990. The van der Waals surface area contributed by atoms with Crippen molar-refractivity contribution in [2.24, 2.45) is 0 Å². The molecule has 0 saturated heterocycles. The summed E-state index contributed by atoms with van der Waals surface area (Å²) in [4.78, 5) is 17.6. The molecular formula is C21H21N5O2. The molecule has 142 valence electrons. The van der Waals surface area contributed by atoms with Gasteiger partial charge < -0.3 is 15.4 Å². The highest BCUT2D eigenvalue weighted by atomic mass is 16.5. The summed E-state index contributed by atoms with van der Waals surface area (Å²) in [5.41, 5.74) is 4.04. The van der Waals surface area contributed by atoms with Crippen molar-refractivity contribution in [3.8, 4) is 5.75 Å². The van der Waals surface area contributed by atoms with Gasteiger partial charge in [0.25, 0.3) is 5.91 Å². The van der Waals surface area contributed by atoms with E-state index in [9.17, 15) is 4.79 Å². The molecule has 0 saturated carbocycles. The summed E-state index contributed by atoms with van der Waals surface area (Å²) in [7, 11) is 1.58. The number of rotatable bonds is 4. The number of hydrogen-bond acceptors (Lipinski definition) is 5. The van der Waals surface area contributed by atoms with Gasteiger partial charge in [-0.1, -0.05) is 42.0 Å². The number of allylic oxidation sites excluding steroid dienone is 1. The molecule has 1 aliphatic rings.